The van der Waals surface area contributed by atoms with E-state index in [0.717, 1.165) is 31.2 Å². The highest BCUT2D eigenvalue weighted by atomic mass is 16.5. The van der Waals surface area contributed by atoms with Crippen LogP contribution in [0.3, 0.4) is 0 Å². The number of rotatable bonds is 3. The van der Waals surface area contributed by atoms with Crippen molar-refractivity contribution in [1.82, 2.24) is 5.32 Å². The summed E-state index contributed by atoms with van der Waals surface area (Å²) in [6.07, 6.45) is 3.55. The smallest absolute Gasteiger partial charge is 0.253 e. The summed E-state index contributed by atoms with van der Waals surface area (Å²) in [6.45, 7) is 1.15. The maximum Gasteiger partial charge on any atom is 0.253 e. The standard InChI is InChI=1S/C15H20N2O2/c16-15(7-3-8-15)10-17-14(18)13-12-5-2-1-4-11(12)6-9-19-13/h1-2,4-5,13H,3,6-10,16H2,(H,17,18). The summed E-state index contributed by atoms with van der Waals surface area (Å²) in [5.41, 5.74) is 8.13. The Labute approximate surface area is 113 Å². The number of nitrogens with one attached hydrogen (secondary N) is 1. The molecule has 2 aliphatic rings. The first kappa shape index (κ1) is 12.6. The van der Waals surface area contributed by atoms with E-state index in [1.807, 2.05) is 18.2 Å². The second-order valence-electron chi connectivity index (χ2n) is 5.63. The van der Waals surface area contributed by atoms with Crippen LogP contribution in [0.15, 0.2) is 24.3 Å². The molecule has 1 amide bonds. The Hall–Kier alpha value is -1.39. The van der Waals surface area contributed by atoms with Crippen molar-refractivity contribution in [2.24, 2.45) is 5.73 Å². The fourth-order valence-corrected chi connectivity index (χ4v) is 2.77. The van der Waals surface area contributed by atoms with Crippen LogP contribution in [0.1, 0.15) is 36.5 Å². The minimum Gasteiger partial charge on any atom is -0.363 e. The van der Waals surface area contributed by atoms with Crippen molar-refractivity contribution >= 4 is 5.91 Å². The van der Waals surface area contributed by atoms with E-state index in [2.05, 4.69) is 11.4 Å². The van der Waals surface area contributed by atoms with Crippen LogP contribution in [-0.2, 0) is 16.0 Å². The molecule has 3 N–H and O–H groups in total. The topological polar surface area (TPSA) is 64.3 Å². The van der Waals surface area contributed by atoms with E-state index < -0.39 is 6.10 Å². The van der Waals surface area contributed by atoms with Gasteiger partial charge in [0.05, 0.1) is 6.61 Å². The lowest BCUT2D eigenvalue weighted by atomic mass is 9.78. The average molecular weight is 260 g/mol. The lowest BCUT2D eigenvalue weighted by molar-refractivity contribution is -0.134. The zero-order chi connectivity index (χ0) is 13.3. The maximum atomic E-state index is 12.3. The lowest BCUT2D eigenvalue weighted by Crippen LogP contribution is -2.55. The molecule has 4 nitrogen and oxygen atoms in total. The van der Waals surface area contributed by atoms with Gasteiger partial charge in [0.2, 0.25) is 0 Å². The van der Waals surface area contributed by atoms with Gasteiger partial charge in [-0.3, -0.25) is 4.79 Å². The normalized spacial score (nSPS) is 24.2. The molecule has 3 rings (SSSR count). The lowest BCUT2D eigenvalue weighted by Gasteiger charge is -2.38. The van der Waals surface area contributed by atoms with Gasteiger partial charge in [-0.05, 0) is 36.8 Å². The third kappa shape index (κ3) is 2.51. The van der Waals surface area contributed by atoms with Crippen molar-refractivity contribution in [3.05, 3.63) is 35.4 Å². The van der Waals surface area contributed by atoms with Crippen molar-refractivity contribution in [3.8, 4) is 0 Å². The molecule has 0 aromatic heterocycles. The number of carbonyl (C=O) groups is 1. The van der Waals surface area contributed by atoms with Crippen molar-refractivity contribution in [2.75, 3.05) is 13.2 Å². The highest BCUT2D eigenvalue weighted by molar-refractivity contribution is 5.83. The largest absolute Gasteiger partial charge is 0.363 e. The summed E-state index contributed by atoms with van der Waals surface area (Å²) < 4.78 is 5.63. The van der Waals surface area contributed by atoms with Crippen LogP contribution < -0.4 is 11.1 Å². The summed E-state index contributed by atoms with van der Waals surface area (Å²) >= 11 is 0. The molecule has 1 unspecified atom stereocenters. The fraction of sp³-hybridized carbons (Fsp3) is 0.533. The number of hydrogen-bond donors (Lipinski definition) is 2. The second kappa shape index (κ2) is 4.94. The number of nitrogens with two attached hydrogens (primary N) is 1. The van der Waals surface area contributed by atoms with Crippen molar-refractivity contribution in [1.29, 1.82) is 0 Å². The monoisotopic (exact) mass is 260 g/mol. The quantitative estimate of drug-likeness (QED) is 0.861. The van der Waals surface area contributed by atoms with Crippen LogP contribution in [-0.4, -0.2) is 24.6 Å². The second-order valence-corrected chi connectivity index (χ2v) is 5.63. The van der Waals surface area contributed by atoms with Crippen LogP contribution in [0.5, 0.6) is 0 Å². The number of carbonyl (C=O) groups excluding carboxylic acids is 1. The Kier molecular flexibility index (Phi) is 3.29. The van der Waals surface area contributed by atoms with Crippen LogP contribution in [0, 0.1) is 0 Å². The van der Waals surface area contributed by atoms with E-state index in [9.17, 15) is 4.79 Å². The molecule has 1 aromatic rings. The van der Waals surface area contributed by atoms with Gasteiger partial charge in [-0.25, -0.2) is 0 Å². The Balaban J connectivity index is 1.67. The van der Waals surface area contributed by atoms with Crippen LogP contribution in [0.4, 0.5) is 0 Å². The van der Waals surface area contributed by atoms with E-state index in [4.69, 9.17) is 10.5 Å². The number of amides is 1. The third-order valence-electron chi connectivity index (χ3n) is 4.20. The highest BCUT2D eigenvalue weighted by Gasteiger charge is 2.34. The van der Waals surface area contributed by atoms with Gasteiger partial charge in [0, 0.05) is 12.1 Å². The van der Waals surface area contributed by atoms with Crippen LogP contribution in [0.2, 0.25) is 0 Å². The third-order valence-corrected chi connectivity index (χ3v) is 4.20. The first-order chi connectivity index (χ1) is 9.18. The number of hydrogen-bond acceptors (Lipinski definition) is 3. The van der Waals surface area contributed by atoms with E-state index in [-0.39, 0.29) is 11.4 Å². The predicted octanol–water partition coefficient (Wildman–Crippen LogP) is 1.30. The van der Waals surface area contributed by atoms with E-state index >= 15 is 0 Å². The zero-order valence-corrected chi connectivity index (χ0v) is 11.0. The molecule has 1 aromatic carbocycles. The van der Waals surface area contributed by atoms with Crippen molar-refractivity contribution in [3.63, 3.8) is 0 Å². The minimum absolute atomic E-state index is 0.0659. The fourth-order valence-electron chi connectivity index (χ4n) is 2.77. The Bertz CT molecular complexity index is 483. The highest BCUT2D eigenvalue weighted by Crippen LogP contribution is 2.30. The number of benzene rings is 1. The van der Waals surface area contributed by atoms with Gasteiger partial charge in [-0.2, -0.15) is 0 Å². The molecule has 0 radical (unpaired) electrons. The van der Waals surface area contributed by atoms with Gasteiger partial charge in [0.25, 0.3) is 5.91 Å². The minimum atomic E-state index is -0.478. The molecule has 0 saturated heterocycles. The molecular formula is C15H20N2O2. The van der Waals surface area contributed by atoms with E-state index in [1.54, 1.807) is 0 Å². The van der Waals surface area contributed by atoms with Gasteiger partial charge in [-0.15, -0.1) is 0 Å². The molecule has 1 saturated carbocycles. The average Bonchev–Trinajstić information content (AvgIpc) is 2.42. The van der Waals surface area contributed by atoms with Crippen molar-refractivity contribution in [2.45, 2.75) is 37.3 Å². The molecular weight excluding hydrogens is 240 g/mol. The molecule has 19 heavy (non-hydrogen) atoms. The zero-order valence-electron chi connectivity index (χ0n) is 11.0. The van der Waals surface area contributed by atoms with Crippen LogP contribution >= 0.6 is 0 Å². The predicted molar refractivity (Wildman–Crippen MR) is 72.6 cm³/mol. The van der Waals surface area contributed by atoms with Gasteiger partial charge in [0.15, 0.2) is 6.10 Å². The Morgan fingerprint density at radius 3 is 2.95 bits per heavy atom. The summed E-state index contributed by atoms with van der Waals surface area (Å²) in [4.78, 5) is 12.3. The molecule has 102 valence electrons. The molecule has 1 aliphatic heterocycles. The molecule has 4 heteroatoms. The van der Waals surface area contributed by atoms with Gasteiger partial charge >= 0.3 is 0 Å². The molecule has 1 aliphatic carbocycles. The molecule has 1 atom stereocenters. The Morgan fingerprint density at radius 2 is 2.21 bits per heavy atom. The molecule has 1 heterocycles. The summed E-state index contributed by atoms with van der Waals surface area (Å²) in [6, 6.07) is 7.99. The van der Waals surface area contributed by atoms with Crippen molar-refractivity contribution < 1.29 is 9.53 Å². The van der Waals surface area contributed by atoms with Gasteiger partial charge in [-0.1, -0.05) is 24.3 Å². The molecule has 0 spiro atoms. The first-order valence-corrected chi connectivity index (χ1v) is 6.94. The van der Waals surface area contributed by atoms with Crippen LogP contribution in [0.25, 0.3) is 0 Å². The summed E-state index contributed by atoms with van der Waals surface area (Å²) in [5, 5.41) is 2.95. The summed E-state index contributed by atoms with van der Waals surface area (Å²) in [7, 11) is 0. The van der Waals surface area contributed by atoms with Gasteiger partial charge in [0.1, 0.15) is 0 Å². The molecule has 1 fully saturated rings. The first-order valence-electron chi connectivity index (χ1n) is 6.94. The van der Waals surface area contributed by atoms with E-state index in [0.29, 0.717) is 13.2 Å². The summed E-state index contributed by atoms with van der Waals surface area (Å²) in [5.74, 6) is -0.0659. The SMILES string of the molecule is NC1(CNC(=O)C2OCCc3ccccc32)CCC1. The maximum absolute atomic E-state index is 12.3. The van der Waals surface area contributed by atoms with Gasteiger partial charge < -0.3 is 15.8 Å². The number of fused-ring (bicyclic) bond motifs is 1. The number of ether oxygens (including phenoxy) is 1. The Morgan fingerprint density at radius 1 is 1.42 bits per heavy atom. The van der Waals surface area contributed by atoms with E-state index in [1.165, 1.54) is 5.56 Å². The molecule has 0 bridgehead atoms.